The molecule has 1 aliphatic rings. The van der Waals surface area contributed by atoms with Crippen LogP contribution in [0, 0.1) is 10.2 Å². The summed E-state index contributed by atoms with van der Waals surface area (Å²) in [6.07, 6.45) is 1.83. The zero-order chi connectivity index (χ0) is 30.9. The van der Waals surface area contributed by atoms with E-state index < -0.39 is 23.2 Å². The second kappa shape index (κ2) is 11.9. The van der Waals surface area contributed by atoms with Gasteiger partial charge in [0.15, 0.2) is 4.77 Å². The topological polar surface area (TPSA) is 117 Å². The molecule has 3 amide bonds. The van der Waals surface area contributed by atoms with Crippen LogP contribution in [0.4, 0.5) is 11.4 Å². The van der Waals surface area contributed by atoms with Gasteiger partial charge in [-0.1, -0.05) is 18.2 Å². The van der Waals surface area contributed by atoms with Crippen molar-refractivity contribution >= 4 is 59.9 Å². The first-order chi connectivity index (χ1) is 20.5. The van der Waals surface area contributed by atoms with Gasteiger partial charge in [0.25, 0.3) is 11.8 Å². The van der Waals surface area contributed by atoms with Crippen molar-refractivity contribution in [1.29, 1.82) is 0 Å². The van der Waals surface area contributed by atoms with Crippen molar-refractivity contribution in [2.75, 3.05) is 23.5 Å². The van der Waals surface area contributed by atoms with Crippen molar-refractivity contribution in [1.82, 2.24) is 14.6 Å². The van der Waals surface area contributed by atoms with E-state index in [9.17, 15) is 19.2 Å². The summed E-state index contributed by atoms with van der Waals surface area (Å²) < 4.78 is 7.21. The van der Waals surface area contributed by atoms with Crippen molar-refractivity contribution in [3.8, 4) is 16.9 Å². The van der Waals surface area contributed by atoms with E-state index in [1.165, 1.54) is 5.01 Å². The van der Waals surface area contributed by atoms with Gasteiger partial charge >= 0.3 is 11.9 Å². The number of imidazole rings is 1. The lowest BCUT2D eigenvalue weighted by Gasteiger charge is -2.27. The standard InChI is InChI=1S/C31H29N5O5S2/c1-4-41-28(39)27(38)36-29(40)31(2,3)18-34(36)22-12-8-20(9-13-22)26(37)33-21-6-5-7-23(16-21)35-25(17-32-30(35)43)19-10-14-24(42)15-11-19/h5-17,42H,4,18H2,1-3H3,(H,32,43)(H,33,37). The summed E-state index contributed by atoms with van der Waals surface area (Å²) in [5.41, 5.74) is 3.04. The highest BCUT2D eigenvalue weighted by Crippen LogP contribution is 2.34. The zero-order valence-electron chi connectivity index (χ0n) is 23.7. The molecule has 0 radical (unpaired) electrons. The van der Waals surface area contributed by atoms with Crippen LogP contribution in [0.1, 0.15) is 31.1 Å². The summed E-state index contributed by atoms with van der Waals surface area (Å²) in [5, 5.41) is 5.15. The molecule has 1 aromatic heterocycles. The Kier molecular flexibility index (Phi) is 8.25. The molecule has 0 aliphatic carbocycles. The van der Waals surface area contributed by atoms with Gasteiger partial charge in [-0.2, -0.15) is 5.01 Å². The molecule has 43 heavy (non-hydrogen) atoms. The predicted octanol–water partition coefficient (Wildman–Crippen LogP) is 5.42. The first kappa shape index (κ1) is 29.8. The fourth-order valence-corrected chi connectivity index (χ4v) is 5.19. The van der Waals surface area contributed by atoms with Crippen LogP contribution in [-0.2, 0) is 19.1 Å². The number of carbonyl (C=O) groups excluding carboxylic acids is 4. The molecule has 0 saturated carbocycles. The van der Waals surface area contributed by atoms with Gasteiger partial charge in [-0.15, -0.1) is 12.6 Å². The molecule has 5 rings (SSSR count). The highest BCUT2D eigenvalue weighted by atomic mass is 32.1. The number of rotatable bonds is 6. The molecule has 0 unspecified atom stereocenters. The molecule has 4 aromatic rings. The third-order valence-corrected chi connectivity index (χ3v) is 7.53. The van der Waals surface area contributed by atoms with Crippen molar-refractivity contribution in [3.05, 3.63) is 89.3 Å². The van der Waals surface area contributed by atoms with E-state index in [-0.39, 0.29) is 19.1 Å². The van der Waals surface area contributed by atoms with Gasteiger partial charge in [0.1, 0.15) is 0 Å². The molecule has 0 spiro atoms. The molecule has 0 bridgehead atoms. The van der Waals surface area contributed by atoms with E-state index in [0.29, 0.717) is 21.7 Å². The largest absolute Gasteiger partial charge is 0.459 e. The summed E-state index contributed by atoms with van der Waals surface area (Å²) in [7, 11) is 0. The molecule has 3 aromatic carbocycles. The van der Waals surface area contributed by atoms with Gasteiger partial charge < -0.3 is 15.0 Å². The molecule has 2 heterocycles. The monoisotopic (exact) mass is 615 g/mol. The molecule has 1 saturated heterocycles. The van der Waals surface area contributed by atoms with Crippen molar-refractivity contribution in [2.24, 2.45) is 5.41 Å². The number of nitrogens with zero attached hydrogens (tertiary/aromatic N) is 3. The van der Waals surface area contributed by atoms with E-state index in [4.69, 9.17) is 17.0 Å². The number of imide groups is 1. The fourth-order valence-electron chi connectivity index (χ4n) is 4.78. The third kappa shape index (κ3) is 5.97. The number of H-pyrrole nitrogens is 1. The quantitative estimate of drug-likeness (QED) is 0.115. The Labute approximate surface area is 258 Å². The lowest BCUT2D eigenvalue weighted by Crippen LogP contribution is -2.48. The number of ether oxygens (including phenoxy) is 1. The second-order valence-corrected chi connectivity index (χ2v) is 11.4. The lowest BCUT2D eigenvalue weighted by atomic mass is 9.94. The maximum Gasteiger partial charge on any atom is 0.399 e. The number of hydrogen-bond donors (Lipinski definition) is 3. The minimum atomic E-state index is -1.11. The number of carbonyl (C=O) groups is 4. The summed E-state index contributed by atoms with van der Waals surface area (Å²) in [4.78, 5) is 55.0. The maximum absolute atomic E-state index is 13.2. The number of aromatic amines is 1. The number of nitrogens with one attached hydrogen (secondary N) is 2. The number of hydrazine groups is 1. The number of anilines is 2. The number of amides is 3. The Morgan fingerprint density at radius 1 is 1.02 bits per heavy atom. The molecule has 2 N–H and O–H groups in total. The van der Waals surface area contributed by atoms with Crippen LogP contribution < -0.4 is 10.3 Å². The third-order valence-electron chi connectivity index (χ3n) is 6.93. The highest BCUT2D eigenvalue weighted by Gasteiger charge is 2.49. The van der Waals surface area contributed by atoms with Gasteiger partial charge in [-0.25, -0.2) is 4.79 Å². The van der Waals surface area contributed by atoms with E-state index in [1.54, 1.807) is 51.1 Å². The van der Waals surface area contributed by atoms with Gasteiger partial charge in [-0.05, 0) is 87.6 Å². The fraction of sp³-hybridized carbons (Fsp3) is 0.194. The summed E-state index contributed by atoms with van der Waals surface area (Å²) in [6, 6.07) is 21.4. The SMILES string of the molecule is CCOC(=O)C(=O)N1C(=O)C(C)(C)CN1c1ccc(C(=O)Nc2cccc(-n3c(-c4ccc(S)cc4)c[nH]c3=S)c2)cc1. The van der Waals surface area contributed by atoms with Gasteiger partial charge in [0.05, 0.1) is 35.6 Å². The summed E-state index contributed by atoms with van der Waals surface area (Å²) in [6.45, 7) is 5.13. The van der Waals surface area contributed by atoms with Crippen LogP contribution >= 0.6 is 24.8 Å². The van der Waals surface area contributed by atoms with Gasteiger partial charge in [0.2, 0.25) is 0 Å². The van der Waals surface area contributed by atoms with Crippen LogP contribution in [0.15, 0.2) is 83.9 Å². The minimum absolute atomic E-state index is 0.00632. The molecule has 1 fully saturated rings. The van der Waals surface area contributed by atoms with Gasteiger partial charge in [0, 0.05) is 27.9 Å². The van der Waals surface area contributed by atoms with E-state index in [2.05, 4.69) is 22.9 Å². The Morgan fingerprint density at radius 3 is 2.40 bits per heavy atom. The highest BCUT2D eigenvalue weighted by molar-refractivity contribution is 7.80. The first-order valence-corrected chi connectivity index (χ1v) is 14.3. The number of esters is 1. The number of aromatic nitrogens is 2. The molecule has 220 valence electrons. The zero-order valence-corrected chi connectivity index (χ0v) is 25.4. The van der Waals surface area contributed by atoms with E-state index in [0.717, 1.165) is 26.8 Å². The van der Waals surface area contributed by atoms with Gasteiger partial charge in [-0.3, -0.25) is 24.0 Å². The molecular weight excluding hydrogens is 587 g/mol. The molecule has 0 atom stereocenters. The molecule has 1 aliphatic heterocycles. The van der Waals surface area contributed by atoms with Crippen LogP contribution in [0.5, 0.6) is 0 Å². The van der Waals surface area contributed by atoms with Crippen molar-refractivity contribution in [3.63, 3.8) is 0 Å². The van der Waals surface area contributed by atoms with E-state index in [1.807, 2.05) is 53.2 Å². The van der Waals surface area contributed by atoms with E-state index >= 15 is 0 Å². The molecular formula is C31H29N5O5S2. The predicted molar refractivity (Wildman–Crippen MR) is 168 cm³/mol. The average molecular weight is 616 g/mol. The summed E-state index contributed by atoms with van der Waals surface area (Å²) >= 11 is 9.91. The second-order valence-electron chi connectivity index (χ2n) is 10.5. The van der Waals surface area contributed by atoms with Crippen LogP contribution in [-0.4, -0.2) is 51.4 Å². The normalized spacial score (nSPS) is 14.1. The summed E-state index contributed by atoms with van der Waals surface area (Å²) in [5.74, 6) is -3.05. The van der Waals surface area contributed by atoms with Crippen LogP contribution in [0.25, 0.3) is 16.9 Å². The Bertz CT molecular complexity index is 1780. The molecule has 10 nitrogen and oxygen atoms in total. The minimum Gasteiger partial charge on any atom is -0.459 e. The maximum atomic E-state index is 13.2. The number of benzene rings is 3. The van der Waals surface area contributed by atoms with Crippen LogP contribution in [0.2, 0.25) is 0 Å². The smallest absolute Gasteiger partial charge is 0.399 e. The Balaban J connectivity index is 1.36. The lowest BCUT2D eigenvalue weighted by molar-refractivity contribution is -0.163. The first-order valence-electron chi connectivity index (χ1n) is 13.4. The van der Waals surface area contributed by atoms with Crippen LogP contribution in [0.3, 0.4) is 0 Å². The number of thiol groups is 1. The number of hydrogen-bond acceptors (Lipinski definition) is 8. The Hall–Kier alpha value is -4.68. The van der Waals surface area contributed by atoms with Crippen molar-refractivity contribution in [2.45, 2.75) is 25.7 Å². The average Bonchev–Trinajstić information content (AvgIpc) is 3.49. The Morgan fingerprint density at radius 2 is 1.72 bits per heavy atom. The molecule has 12 heteroatoms. The van der Waals surface area contributed by atoms with Crippen molar-refractivity contribution < 1.29 is 23.9 Å².